The number of oxime groups is 1. The Morgan fingerprint density at radius 2 is 1.48 bits per heavy atom. The average Bonchev–Trinajstić information content (AvgIpc) is 2.78. The van der Waals surface area contributed by atoms with Gasteiger partial charge in [-0.15, -0.1) is 0 Å². The summed E-state index contributed by atoms with van der Waals surface area (Å²) in [5, 5.41) is 3.37. The molecule has 0 unspecified atom stereocenters. The van der Waals surface area contributed by atoms with Gasteiger partial charge in [-0.1, -0.05) is 76.4 Å². The van der Waals surface area contributed by atoms with Gasteiger partial charge in [-0.3, -0.25) is 0 Å². The van der Waals surface area contributed by atoms with Crippen molar-refractivity contribution in [3.05, 3.63) is 12.2 Å². The third-order valence-electron chi connectivity index (χ3n) is 3.51. The van der Waals surface area contributed by atoms with Crippen molar-refractivity contribution in [1.82, 2.24) is 0 Å². The molecule has 0 radical (unpaired) electrons. The van der Waals surface area contributed by atoms with Crippen molar-refractivity contribution in [2.45, 2.75) is 78.1 Å². The summed E-state index contributed by atoms with van der Waals surface area (Å²) in [6, 6.07) is 0. The first-order chi connectivity index (χ1) is 10.1. The highest BCUT2D eigenvalue weighted by atomic mass is 16.7. The van der Waals surface area contributed by atoms with E-state index in [2.05, 4.69) is 23.5 Å². The second kappa shape index (κ2) is 13.8. The maximum absolute atomic E-state index is 10.3. The third kappa shape index (κ3) is 11.2. The molecule has 0 aromatic carbocycles. The quantitative estimate of drug-likeness (QED) is 0.370. The summed E-state index contributed by atoms with van der Waals surface area (Å²) in [5.74, 6) is -0.442. The number of hydrogen-bond acceptors (Lipinski definition) is 4. The summed E-state index contributed by atoms with van der Waals surface area (Å²) in [6.45, 7) is 8.23. The Morgan fingerprint density at radius 1 is 1.00 bits per heavy atom. The van der Waals surface area contributed by atoms with Crippen LogP contribution in [0.1, 0.15) is 78.1 Å². The zero-order chi connectivity index (χ0) is 15.9. The lowest BCUT2D eigenvalue weighted by Crippen LogP contribution is -1.98. The molecular formula is C17H32N2O2. The first kappa shape index (κ1) is 19.8. The van der Waals surface area contributed by atoms with Gasteiger partial charge < -0.3 is 10.6 Å². The van der Waals surface area contributed by atoms with E-state index in [9.17, 15) is 4.79 Å². The lowest BCUT2D eigenvalue weighted by molar-refractivity contribution is -0.136. The van der Waals surface area contributed by atoms with Gasteiger partial charge in [0.1, 0.15) is 0 Å². The molecular weight excluding hydrogens is 264 g/mol. The van der Waals surface area contributed by atoms with Crippen LogP contribution >= 0.6 is 0 Å². The minimum atomic E-state index is -0.442. The van der Waals surface area contributed by atoms with Crippen molar-refractivity contribution in [2.75, 3.05) is 6.54 Å². The van der Waals surface area contributed by atoms with Gasteiger partial charge in [0.25, 0.3) is 0 Å². The lowest BCUT2D eigenvalue weighted by Gasteiger charge is -2.00. The van der Waals surface area contributed by atoms with Gasteiger partial charge in [0.15, 0.2) is 0 Å². The third-order valence-corrected chi connectivity index (χ3v) is 3.51. The standard InChI is InChI=1S/C12H27N.C5H5NO2/c1-2-3-4-5-6-7-8-9-10-11-12-13;1-3-4(2)6-8-5(3)7/h2-13H2,1H3;1H2,2H3. The molecule has 0 fully saturated rings. The summed E-state index contributed by atoms with van der Waals surface area (Å²) >= 11 is 0. The number of rotatable bonds is 10. The Kier molecular flexibility index (Phi) is 13.0. The van der Waals surface area contributed by atoms with E-state index < -0.39 is 5.97 Å². The van der Waals surface area contributed by atoms with Crippen LogP contribution in [-0.2, 0) is 9.63 Å². The van der Waals surface area contributed by atoms with E-state index in [0.717, 1.165) is 6.54 Å². The first-order valence-corrected chi connectivity index (χ1v) is 8.28. The van der Waals surface area contributed by atoms with Gasteiger partial charge in [0.05, 0.1) is 11.3 Å². The van der Waals surface area contributed by atoms with Crippen molar-refractivity contribution < 1.29 is 9.63 Å². The molecule has 4 nitrogen and oxygen atoms in total. The van der Waals surface area contributed by atoms with Crippen molar-refractivity contribution >= 4 is 11.7 Å². The fraction of sp³-hybridized carbons (Fsp3) is 0.765. The molecule has 0 atom stereocenters. The van der Waals surface area contributed by atoms with Gasteiger partial charge in [-0.25, -0.2) is 4.79 Å². The Hall–Kier alpha value is -1.16. The Labute approximate surface area is 129 Å². The van der Waals surface area contributed by atoms with Gasteiger partial charge in [-0.05, 0) is 19.9 Å². The summed E-state index contributed by atoms with van der Waals surface area (Å²) in [4.78, 5) is 14.6. The molecule has 0 bridgehead atoms. The molecule has 0 aromatic heterocycles. The SMILES string of the molecule is C=C1C(=O)ON=C1C.CCCCCCCCCCCCN. The average molecular weight is 296 g/mol. The zero-order valence-corrected chi connectivity index (χ0v) is 13.8. The summed E-state index contributed by atoms with van der Waals surface area (Å²) in [6.07, 6.45) is 13.9. The van der Waals surface area contributed by atoms with Crippen molar-refractivity contribution in [3.63, 3.8) is 0 Å². The molecule has 0 saturated heterocycles. The van der Waals surface area contributed by atoms with E-state index >= 15 is 0 Å². The molecule has 0 saturated carbocycles. The maximum atomic E-state index is 10.3. The van der Waals surface area contributed by atoms with Crippen molar-refractivity contribution in [2.24, 2.45) is 10.9 Å². The molecule has 1 aliphatic rings. The van der Waals surface area contributed by atoms with Crippen LogP contribution < -0.4 is 5.73 Å². The molecule has 21 heavy (non-hydrogen) atoms. The van der Waals surface area contributed by atoms with E-state index in [4.69, 9.17) is 5.73 Å². The topological polar surface area (TPSA) is 64.7 Å². The van der Waals surface area contributed by atoms with E-state index in [-0.39, 0.29) is 0 Å². The van der Waals surface area contributed by atoms with E-state index in [0.29, 0.717) is 11.3 Å². The van der Waals surface area contributed by atoms with E-state index in [1.54, 1.807) is 6.92 Å². The first-order valence-electron chi connectivity index (χ1n) is 8.28. The van der Waals surface area contributed by atoms with Crippen LogP contribution in [-0.4, -0.2) is 18.2 Å². The number of carbonyl (C=O) groups excluding carboxylic acids is 1. The number of carbonyl (C=O) groups is 1. The minimum Gasteiger partial charge on any atom is -0.330 e. The summed E-state index contributed by atoms with van der Waals surface area (Å²) < 4.78 is 0. The van der Waals surface area contributed by atoms with Crippen LogP contribution in [0.4, 0.5) is 0 Å². The summed E-state index contributed by atoms with van der Waals surface area (Å²) in [7, 11) is 0. The van der Waals surface area contributed by atoms with Crippen LogP contribution in [0, 0.1) is 0 Å². The molecule has 2 N–H and O–H groups in total. The molecule has 0 amide bonds. The molecule has 1 aliphatic heterocycles. The minimum absolute atomic E-state index is 0.352. The number of nitrogens with zero attached hydrogens (tertiary/aromatic N) is 1. The predicted octanol–water partition coefficient (Wildman–Crippen LogP) is 4.34. The Balaban J connectivity index is 0.000000423. The highest BCUT2D eigenvalue weighted by Crippen LogP contribution is 2.10. The van der Waals surface area contributed by atoms with E-state index in [1.807, 2.05) is 0 Å². The molecule has 0 aromatic rings. The molecule has 0 aliphatic carbocycles. The van der Waals surface area contributed by atoms with Gasteiger partial charge in [0.2, 0.25) is 0 Å². The van der Waals surface area contributed by atoms with Crippen LogP contribution in [0.3, 0.4) is 0 Å². The normalized spacial score (nSPS) is 13.6. The van der Waals surface area contributed by atoms with Gasteiger partial charge in [0, 0.05) is 0 Å². The number of nitrogens with two attached hydrogens (primary N) is 1. The molecule has 1 rings (SSSR count). The van der Waals surface area contributed by atoms with Crippen LogP contribution in [0.15, 0.2) is 17.3 Å². The summed E-state index contributed by atoms with van der Waals surface area (Å²) in [5.41, 5.74) is 6.34. The maximum Gasteiger partial charge on any atom is 0.367 e. The molecule has 122 valence electrons. The number of unbranched alkanes of at least 4 members (excludes halogenated alkanes) is 9. The second-order valence-corrected chi connectivity index (χ2v) is 5.50. The monoisotopic (exact) mass is 296 g/mol. The molecule has 4 heteroatoms. The highest BCUT2D eigenvalue weighted by molar-refractivity contribution is 6.20. The largest absolute Gasteiger partial charge is 0.367 e. The van der Waals surface area contributed by atoms with Crippen molar-refractivity contribution in [3.8, 4) is 0 Å². The number of hydrogen-bond donors (Lipinski definition) is 1. The highest BCUT2D eigenvalue weighted by Gasteiger charge is 2.18. The Morgan fingerprint density at radius 3 is 1.76 bits per heavy atom. The van der Waals surface area contributed by atoms with Crippen molar-refractivity contribution in [1.29, 1.82) is 0 Å². The van der Waals surface area contributed by atoms with Crippen LogP contribution in [0.2, 0.25) is 0 Å². The van der Waals surface area contributed by atoms with Gasteiger partial charge in [-0.2, -0.15) is 0 Å². The van der Waals surface area contributed by atoms with Crippen LogP contribution in [0.25, 0.3) is 0 Å². The molecule has 1 heterocycles. The predicted molar refractivity (Wildman–Crippen MR) is 89.2 cm³/mol. The fourth-order valence-electron chi connectivity index (χ4n) is 2.00. The van der Waals surface area contributed by atoms with Gasteiger partial charge >= 0.3 is 5.97 Å². The Bertz CT molecular complexity index is 315. The zero-order valence-electron chi connectivity index (χ0n) is 13.8. The second-order valence-electron chi connectivity index (χ2n) is 5.50. The molecule has 0 spiro atoms. The smallest absolute Gasteiger partial charge is 0.330 e. The van der Waals surface area contributed by atoms with Crippen LogP contribution in [0.5, 0.6) is 0 Å². The lowest BCUT2D eigenvalue weighted by atomic mass is 10.1. The van der Waals surface area contributed by atoms with E-state index in [1.165, 1.54) is 64.2 Å². The fourth-order valence-corrected chi connectivity index (χ4v) is 2.00.